The average Bonchev–Trinajstić information content (AvgIpc) is 3.60. The second kappa shape index (κ2) is 10.2. The van der Waals surface area contributed by atoms with Crippen LogP contribution in [0.25, 0.3) is 10.9 Å². The van der Waals surface area contributed by atoms with Gasteiger partial charge in [-0.2, -0.15) is 0 Å². The highest BCUT2D eigenvalue weighted by molar-refractivity contribution is 6.07. The van der Waals surface area contributed by atoms with Crippen molar-refractivity contribution in [2.24, 2.45) is 0 Å². The number of rotatable bonds is 10. The number of aliphatic hydroxyl groups excluding tert-OH is 1. The van der Waals surface area contributed by atoms with E-state index in [1.165, 1.54) is 16.5 Å². The number of fused-ring (bicyclic) bond motifs is 3. The summed E-state index contributed by atoms with van der Waals surface area (Å²) >= 11 is 0. The molecule has 1 unspecified atom stereocenters. The van der Waals surface area contributed by atoms with Crippen LogP contribution in [0.1, 0.15) is 62.6 Å². The van der Waals surface area contributed by atoms with Gasteiger partial charge >= 0.3 is 0 Å². The number of benzene rings is 2. The molecule has 0 radical (unpaired) electrons. The number of terminal acetylenes is 1. The van der Waals surface area contributed by atoms with Crippen molar-refractivity contribution in [1.29, 1.82) is 0 Å². The van der Waals surface area contributed by atoms with Gasteiger partial charge in [0.15, 0.2) is 0 Å². The van der Waals surface area contributed by atoms with E-state index in [2.05, 4.69) is 59.8 Å². The SMILES string of the molecule is C#CCCc1cccc2c(CC(C)(C)NCC(O)COc3cccc4c3C3(CCCC3)C(=O)N4)c[nH]c12. The molecule has 1 aliphatic heterocycles. The number of carbonyl (C=O) groups excluding carboxylic acids is 1. The number of hydrogen-bond donors (Lipinski definition) is 4. The van der Waals surface area contributed by atoms with Crippen LogP contribution in [0.2, 0.25) is 0 Å². The summed E-state index contributed by atoms with van der Waals surface area (Å²) < 4.78 is 6.12. The molecule has 1 fully saturated rings. The van der Waals surface area contributed by atoms with Crippen LogP contribution in [0.3, 0.4) is 0 Å². The van der Waals surface area contributed by atoms with E-state index < -0.39 is 11.5 Å². The third kappa shape index (κ3) is 4.99. The van der Waals surface area contributed by atoms with Gasteiger partial charge in [0.2, 0.25) is 5.91 Å². The Morgan fingerprint density at radius 2 is 1.97 bits per heavy atom. The number of β-amino-alcohol motifs (C(OH)–C–C–N with tert-alkyl or cyclic N) is 1. The highest BCUT2D eigenvalue weighted by atomic mass is 16.5. The maximum Gasteiger partial charge on any atom is 0.235 e. The Labute approximate surface area is 219 Å². The number of para-hydroxylation sites is 1. The predicted molar refractivity (Wildman–Crippen MR) is 148 cm³/mol. The van der Waals surface area contributed by atoms with Gasteiger partial charge in [0.05, 0.1) is 5.41 Å². The molecule has 5 rings (SSSR count). The predicted octanol–water partition coefficient (Wildman–Crippen LogP) is 4.85. The highest BCUT2D eigenvalue weighted by Gasteiger charge is 2.50. The van der Waals surface area contributed by atoms with E-state index in [1.54, 1.807) is 0 Å². The molecule has 1 aliphatic carbocycles. The summed E-state index contributed by atoms with van der Waals surface area (Å²) in [7, 11) is 0. The van der Waals surface area contributed by atoms with E-state index in [0.29, 0.717) is 12.3 Å². The molecule has 0 bridgehead atoms. The number of aliphatic hydroxyl groups is 1. The Balaban J connectivity index is 1.20. The van der Waals surface area contributed by atoms with Crippen molar-refractivity contribution in [1.82, 2.24) is 10.3 Å². The first-order chi connectivity index (χ1) is 17.8. The van der Waals surface area contributed by atoms with Crippen molar-refractivity contribution in [2.45, 2.75) is 75.9 Å². The molecular weight excluding hydrogens is 462 g/mol. The molecule has 4 N–H and O–H groups in total. The van der Waals surface area contributed by atoms with Crippen molar-refractivity contribution in [2.75, 3.05) is 18.5 Å². The molecule has 1 atom stereocenters. The lowest BCUT2D eigenvalue weighted by molar-refractivity contribution is -0.120. The van der Waals surface area contributed by atoms with Gasteiger partial charge in [0.1, 0.15) is 18.5 Å². The smallest absolute Gasteiger partial charge is 0.235 e. The van der Waals surface area contributed by atoms with Crippen molar-refractivity contribution in [3.8, 4) is 18.1 Å². The van der Waals surface area contributed by atoms with Crippen LogP contribution in [-0.4, -0.2) is 40.8 Å². The molecule has 1 aromatic heterocycles. The van der Waals surface area contributed by atoms with Gasteiger partial charge in [0, 0.05) is 46.9 Å². The van der Waals surface area contributed by atoms with Crippen LogP contribution in [0.5, 0.6) is 5.75 Å². The first-order valence-electron chi connectivity index (χ1n) is 13.4. The Morgan fingerprint density at radius 1 is 1.19 bits per heavy atom. The minimum Gasteiger partial charge on any atom is -0.490 e. The van der Waals surface area contributed by atoms with Gasteiger partial charge < -0.3 is 25.5 Å². The first kappa shape index (κ1) is 25.4. The number of hydrogen-bond acceptors (Lipinski definition) is 4. The summed E-state index contributed by atoms with van der Waals surface area (Å²) in [6.45, 7) is 4.86. The van der Waals surface area contributed by atoms with Crippen LogP contribution in [0.4, 0.5) is 5.69 Å². The maximum absolute atomic E-state index is 12.8. The normalized spacial score (nSPS) is 17.1. The molecule has 2 aliphatic rings. The summed E-state index contributed by atoms with van der Waals surface area (Å²) in [4.78, 5) is 16.2. The highest BCUT2D eigenvalue weighted by Crippen LogP contribution is 2.52. The summed E-state index contributed by atoms with van der Waals surface area (Å²) in [6.07, 6.45) is 13.0. The van der Waals surface area contributed by atoms with Crippen LogP contribution < -0.4 is 15.4 Å². The second-order valence-electron chi connectivity index (χ2n) is 11.2. The number of anilines is 1. The minimum absolute atomic E-state index is 0.0838. The summed E-state index contributed by atoms with van der Waals surface area (Å²) in [5.41, 5.74) is 4.74. The zero-order valence-corrected chi connectivity index (χ0v) is 21.8. The standard InChI is InChI=1S/C31H37N3O3/c1-4-5-10-21-11-8-12-24-22(18-32-28(21)24)17-30(2,3)33-19-23(35)20-37-26-14-9-13-25-27(26)31(29(36)34-25)15-6-7-16-31/h1,8-9,11-14,18,23,32-33,35H,5-7,10,15-17,19-20H2,2-3H3,(H,34,36). The number of aryl methyl sites for hydroxylation is 1. The monoisotopic (exact) mass is 499 g/mol. The van der Waals surface area contributed by atoms with E-state index in [9.17, 15) is 9.90 Å². The lowest BCUT2D eigenvalue weighted by atomic mass is 9.79. The lowest BCUT2D eigenvalue weighted by Crippen LogP contribution is -2.46. The third-order valence-electron chi connectivity index (χ3n) is 7.95. The van der Waals surface area contributed by atoms with Gasteiger partial charge in [-0.3, -0.25) is 4.79 Å². The number of aromatic nitrogens is 1. The molecule has 2 aromatic carbocycles. The van der Waals surface area contributed by atoms with Crippen molar-refractivity contribution in [3.05, 3.63) is 59.3 Å². The van der Waals surface area contributed by atoms with E-state index in [1.807, 2.05) is 18.2 Å². The Hall–Kier alpha value is -3.27. The molecular formula is C31H37N3O3. The van der Waals surface area contributed by atoms with Crippen LogP contribution in [-0.2, 0) is 23.1 Å². The third-order valence-corrected chi connectivity index (χ3v) is 7.95. The molecule has 194 valence electrons. The van der Waals surface area contributed by atoms with Crippen molar-refractivity contribution >= 4 is 22.5 Å². The van der Waals surface area contributed by atoms with E-state index in [4.69, 9.17) is 11.2 Å². The second-order valence-corrected chi connectivity index (χ2v) is 11.2. The Kier molecular flexibility index (Phi) is 7.02. The number of ether oxygens (including phenoxy) is 1. The average molecular weight is 500 g/mol. The number of amides is 1. The molecule has 1 amide bonds. The Morgan fingerprint density at radius 3 is 2.76 bits per heavy atom. The van der Waals surface area contributed by atoms with Crippen molar-refractivity contribution in [3.63, 3.8) is 0 Å². The summed E-state index contributed by atoms with van der Waals surface area (Å²) in [6, 6.07) is 12.1. The van der Waals surface area contributed by atoms with Gasteiger partial charge in [-0.05, 0) is 62.8 Å². The van der Waals surface area contributed by atoms with E-state index in [0.717, 1.165) is 61.7 Å². The fourth-order valence-corrected chi connectivity index (χ4v) is 6.07. The number of carbonyl (C=O) groups is 1. The van der Waals surface area contributed by atoms with Crippen LogP contribution in [0.15, 0.2) is 42.6 Å². The molecule has 1 spiro atoms. The van der Waals surface area contributed by atoms with Gasteiger partial charge in [-0.25, -0.2) is 0 Å². The van der Waals surface area contributed by atoms with Crippen LogP contribution in [0, 0.1) is 12.3 Å². The first-order valence-corrected chi connectivity index (χ1v) is 13.4. The zero-order valence-electron chi connectivity index (χ0n) is 21.8. The zero-order chi connectivity index (χ0) is 26.0. The fraction of sp³-hybridized carbons (Fsp3) is 0.452. The molecule has 2 heterocycles. The van der Waals surface area contributed by atoms with Gasteiger partial charge in [0.25, 0.3) is 0 Å². The fourth-order valence-electron chi connectivity index (χ4n) is 6.07. The molecule has 1 saturated carbocycles. The summed E-state index contributed by atoms with van der Waals surface area (Å²) in [5, 5.41) is 18.5. The molecule has 3 aromatic rings. The number of aromatic amines is 1. The molecule has 0 saturated heterocycles. The minimum atomic E-state index is -0.682. The van der Waals surface area contributed by atoms with Gasteiger partial charge in [-0.1, -0.05) is 37.1 Å². The largest absolute Gasteiger partial charge is 0.490 e. The van der Waals surface area contributed by atoms with E-state index in [-0.39, 0.29) is 18.1 Å². The van der Waals surface area contributed by atoms with Gasteiger partial charge in [-0.15, -0.1) is 12.3 Å². The van der Waals surface area contributed by atoms with Crippen LogP contribution >= 0.6 is 0 Å². The number of nitrogens with one attached hydrogen (secondary N) is 3. The summed E-state index contributed by atoms with van der Waals surface area (Å²) in [5.74, 6) is 3.51. The van der Waals surface area contributed by atoms with E-state index >= 15 is 0 Å². The maximum atomic E-state index is 12.8. The molecule has 37 heavy (non-hydrogen) atoms. The quantitative estimate of drug-likeness (QED) is 0.301. The topological polar surface area (TPSA) is 86.4 Å². The molecule has 6 heteroatoms. The molecule has 6 nitrogen and oxygen atoms in total. The Bertz CT molecular complexity index is 1330. The number of H-pyrrole nitrogens is 1. The lowest BCUT2D eigenvalue weighted by Gasteiger charge is -2.28. The van der Waals surface area contributed by atoms with Crippen molar-refractivity contribution < 1.29 is 14.6 Å².